The number of nitrogens with zero attached hydrogens (tertiary/aromatic N) is 2. The Morgan fingerprint density at radius 1 is 1.15 bits per heavy atom. The lowest BCUT2D eigenvalue weighted by Crippen LogP contribution is -2.36. The second-order valence-electron chi connectivity index (χ2n) is 5.10. The summed E-state index contributed by atoms with van der Waals surface area (Å²) < 4.78 is 26.2. The summed E-state index contributed by atoms with van der Waals surface area (Å²) in [7, 11) is -4.71. The molecule has 0 heterocycles. The first-order valence-electron chi connectivity index (χ1n) is 7.06. The van der Waals surface area contributed by atoms with Gasteiger partial charge in [-0.25, -0.2) is 13.2 Å². The maximum atomic E-state index is 12.9. The molecule has 0 unspecified atom stereocenters. The van der Waals surface area contributed by atoms with E-state index in [0.717, 1.165) is 30.3 Å². The molecular weight excluding hydrogens is 404 g/mol. The van der Waals surface area contributed by atoms with Crippen molar-refractivity contribution in [1.82, 2.24) is 0 Å². The summed E-state index contributed by atoms with van der Waals surface area (Å²) >= 11 is 5.75. The molecule has 10 nitrogen and oxygen atoms in total. The third kappa shape index (κ3) is 4.15. The lowest BCUT2D eigenvalue weighted by Gasteiger charge is -2.23. The SMILES string of the molecule is O=C(O)CN(c1ccc(Cl)c(C(=O)O)c1)S(=O)(=O)c1ccccc1[N+](=O)[O-]. The Morgan fingerprint density at radius 2 is 1.78 bits per heavy atom. The smallest absolute Gasteiger partial charge is 0.337 e. The van der Waals surface area contributed by atoms with Crippen LogP contribution < -0.4 is 4.31 Å². The lowest BCUT2D eigenvalue weighted by atomic mass is 10.2. The highest BCUT2D eigenvalue weighted by Gasteiger charge is 2.33. The Balaban J connectivity index is 2.71. The van der Waals surface area contributed by atoms with E-state index in [9.17, 15) is 28.1 Å². The number of carboxylic acid groups (broad SMARTS) is 2. The predicted molar refractivity (Wildman–Crippen MR) is 93.7 cm³/mol. The second kappa shape index (κ2) is 7.60. The first-order valence-corrected chi connectivity index (χ1v) is 8.88. The number of anilines is 1. The Labute approximate surface area is 157 Å². The average molecular weight is 415 g/mol. The molecule has 0 atom stereocenters. The van der Waals surface area contributed by atoms with Crippen LogP contribution in [0.25, 0.3) is 0 Å². The van der Waals surface area contributed by atoms with Crippen LogP contribution in [0.3, 0.4) is 0 Å². The number of sulfonamides is 1. The molecule has 0 saturated carbocycles. The molecular formula is C15H11ClN2O8S. The number of aliphatic carboxylic acids is 1. The lowest BCUT2D eigenvalue weighted by molar-refractivity contribution is -0.387. The van der Waals surface area contributed by atoms with Gasteiger partial charge >= 0.3 is 11.9 Å². The number of rotatable bonds is 7. The minimum atomic E-state index is -4.71. The van der Waals surface area contributed by atoms with E-state index in [4.69, 9.17) is 21.8 Å². The summed E-state index contributed by atoms with van der Waals surface area (Å²) in [4.78, 5) is 31.9. The van der Waals surface area contributed by atoms with Crippen molar-refractivity contribution in [3.63, 3.8) is 0 Å². The molecule has 0 aromatic heterocycles. The molecule has 2 rings (SSSR count). The molecule has 2 aromatic rings. The summed E-state index contributed by atoms with van der Waals surface area (Å²) in [6, 6.07) is 7.47. The highest BCUT2D eigenvalue weighted by Crippen LogP contribution is 2.31. The topological polar surface area (TPSA) is 155 Å². The minimum Gasteiger partial charge on any atom is -0.480 e. The number of carboxylic acids is 2. The largest absolute Gasteiger partial charge is 0.480 e. The summed E-state index contributed by atoms with van der Waals surface area (Å²) in [5.41, 5.74) is -1.53. The maximum absolute atomic E-state index is 12.9. The number of halogens is 1. The first-order chi connectivity index (χ1) is 12.6. The number of benzene rings is 2. The number of para-hydroxylation sites is 1. The molecule has 0 spiro atoms. The van der Waals surface area contributed by atoms with Gasteiger partial charge in [-0.05, 0) is 24.3 Å². The normalized spacial score (nSPS) is 11.0. The highest BCUT2D eigenvalue weighted by atomic mass is 35.5. The van der Waals surface area contributed by atoms with E-state index in [1.54, 1.807) is 0 Å². The van der Waals surface area contributed by atoms with E-state index in [1.807, 2.05) is 0 Å². The molecule has 12 heteroatoms. The van der Waals surface area contributed by atoms with Gasteiger partial charge in [-0.2, -0.15) is 0 Å². The molecule has 0 saturated heterocycles. The Morgan fingerprint density at radius 3 is 2.33 bits per heavy atom. The zero-order chi connectivity index (χ0) is 20.4. The van der Waals surface area contributed by atoms with Crippen LogP contribution in [0.1, 0.15) is 10.4 Å². The van der Waals surface area contributed by atoms with Gasteiger partial charge in [0.1, 0.15) is 6.54 Å². The van der Waals surface area contributed by atoms with Gasteiger partial charge < -0.3 is 10.2 Å². The third-order valence-electron chi connectivity index (χ3n) is 3.38. The monoisotopic (exact) mass is 414 g/mol. The van der Waals surface area contributed by atoms with Gasteiger partial charge in [0.2, 0.25) is 0 Å². The molecule has 0 amide bonds. The Hall–Kier alpha value is -3.18. The van der Waals surface area contributed by atoms with Crippen molar-refractivity contribution in [3.05, 3.63) is 63.2 Å². The standard InChI is InChI=1S/C15H11ClN2O8S/c16-11-6-5-9(7-10(11)15(21)22)17(8-14(19)20)27(25,26)13-4-2-1-3-12(13)18(23)24/h1-7H,8H2,(H,19,20)(H,21,22). The summed E-state index contributed by atoms with van der Waals surface area (Å²) in [5, 5.41) is 29.2. The van der Waals surface area contributed by atoms with Gasteiger partial charge in [0, 0.05) is 6.07 Å². The minimum absolute atomic E-state index is 0.190. The van der Waals surface area contributed by atoms with E-state index in [1.165, 1.54) is 12.1 Å². The molecule has 142 valence electrons. The van der Waals surface area contributed by atoms with Gasteiger partial charge in [0.05, 0.1) is 21.2 Å². The van der Waals surface area contributed by atoms with E-state index in [0.29, 0.717) is 4.31 Å². The van der Waals surface area contributed by atoms with Crippen molar-refractivity contribution < 1.29 is 33.1 Å². The molecule has 0 aliphatic heterocycles. The van der Waals surface area contributed by atoms with Crippen molar-refractivity contribution in [2.45, 2.75) is 4.90 Å². The molecule has 0 aliphatic rings. The third-order valence-corrected chi connectivity index (χ3v) is 5.53. The van der Waals surface area contributed by atoms with Gasteiger partial charge in [-0.1, -0.05) is 23.7 Å². The number of nitro groups is 1. The van der Waals surface area contributed by atoms with Crippen molar-refractivity contribution >= 4 is 44.9 Å². The number of hydrogen-bond acceptors (Lipinski definition) is 6. The molecule has 2 N–H and O–H groups in total. The fourth-order valence-corrected chi connectivity index (χ4v) is 3.98. The van der Waals surface area contributed by atoms with E-state index >= 15 is 0 Å². The Kier molecular flexibility index (Phi) is 5.66. The zero-order valence-electron chi connectivity index (χ0n) is 13.3. The maximum Gasteiger partial charge on any atom is 0.337 e. The summed E-state index contributed by atoms with van der Waals surface area (Å²) in [6.45, 7) is -1.09. The van der Waals surface area contributed by atoms with Crippen molar-refractivity contribution in [1.29, 1.82) is 0 Å². The number of aromatic carboxylic acids is 1. The number of hydrogen-bond donors (Lipinski definition) is 2. The van der Waals surface area contributed by atoms with Crippen LogP contribution in [-0.4, -0.2) is 42.0 Å². The van der Waals surface area contributed by atoms with Gasteiger partial charge in [0.15, 0.2) is 4.90 Å². The zero-order valence-corrected chi connectivity index (χ0v) is 14.8. The van der Waals surface area contributed by atoms with Crippen molar-refractivity contribution in [2.24, 2.45) is 0 Å². The van der Waals surface area contributed by atoms with Crippen molar-refractivity contribution in [2.75, 3.05) is 10.8 Å². The molecule has 27 heavy (non-hydrogen) atoms. The van der Waals surface area contributed by atoms with Crippen molar-refractivity contribution in [3.8, 4) is 0 Å². The summed E-state index contributed by atoms with van der Waals surface area (Å²) in [6.07, 6.45) is 0. The van der Waals surface area contributed by atoms with Crippen LogP contribution in [-0.2, 0) is 14.8 Å². The van der Waals surface area contributed by atoms with Crippen LogP contribution >= 0.6 is 11.6 Å². The van der Waals surface area contributed by atoms with E-state index in [-0.39, 0.29) is 10.7 Å². The Bertz CT molecular complexity index is 1040. The van der Waals surface area contributed by atoms with Crippen LogP contribution in [0, 0.1) is 10.1 Å². The van der Waals surface area contributed by atoms with Crippen LogP contribution in [0.15, 0.2) is 47.4 Å². The van der Waals surface area contributed by atoms with Crippen LogP contribution in [0.4, 0.5) is 11.4 Å². The summed E-state index contributed by atoms with van der Waals surface area (Å²) in [5.74, 6) is -3.01. The van der Waals surface area contributed by atoms with Crippen LogP contribution in [0.5, 0.6) is 0 Å². The quantitative estimate of drug-likeness (QED) is 0.516. The molecule has 0 radical (unpaired) electrons. The van der Waals surface area contributed by atoms with Gasteiger partial charge in [0.25, 0.3) is 15.7 Å². The second-order valence-corrected chi connectivity index (χ2v) is 7.34. The highest BCUT2D eigenvalue weighted by molar-refractivity contribution is 7.93. The van der Waals surface area contributed by atoms with E-state index < -0.39 is 49.6 Å². The molecule has 0 fully saturated rings. The predicted octanol–water partition coefficient (Wildman–Crippen LogP) is 2.23. The fraction of sp³-hybridized carbons (Fsp3) is 0.0667. The molecule has 2 aromatic carbocycles. The van der Waals surface area contributed by atoms with Gasteiger partial charge in [-0.15, -0.1) is 0 Å². The number of carbonyl (C=O) groups is 2. The molecule has 0 aliphatic carbocycles. The fourth-order valence-electron chi connectivity index (χ4n) is 2.22. The average Bonchev–Trinajstić information content (AvgIpc) is 2.59. The van der Waals surface area contributed by atoms with E-state index in [2.05, 4.69) is 0 Å². The molecule has 0 bridgehead atoms. The van der Waals surface area contributed by atoms with Gasteiger partial charge in [-0.3, -0.25) is 19.2 Å². The number of nitro benzene ring substituents is 1. The first kappa shape index (κ1) is 20.1. The van der Waals surface area contributed by atoms with Crippen LogP contribution in [0.2, 0.25) is 5.02 Å².